The summed E-state index contributed by atoms with van der Waals surface area (Å²) in [5.74, 6) is 0.809. The van der Waals surface area contributed by atoms with Crippen molar-refractivity contribution >= 4 is 54.9 Å². The Labute approximate surface area is 214 Å². The summed E-state index contributed by atoms with van der Waals surface area (Å²) in [5.41, 5.74) is 4.09. The van der Waals surface area contributed by atoms with E-state index in [4.69, 9.17) is 9.40 Å². The number of halogens is 1. The van der Waals surface area contributed by atoms with E-state index in [2.05, 4.69) is 44.3 Å². The fraction of sp³-hybridized carbons (Fsp3) is 0.0690. The zero-order chi connectivity index (χ0) is 24.8. The Morgan fingerprint density at radius 2 is 1.83 bits per heavy atom. The second-order valence-electron chi connectivity index (χ2n) is 8.52. The van der Waals surface area contributed by atoms with Crippen molar-refractivity contribution in [3.63, 3.8) is 0 Å². The van der Waals surface area contributed by atoms with Crippen LogP contribution in [-0.2, 0) is 6.54 Å². The van der Waals surface area contributed by atoms with Crippen LogP contribution in [-0.4, -0.2) is 20.4 Å². The van der Waals surface area contributed by atoms with E-state index in [0.717, 1.165) is 32.0 Å². The van der Waals surface area contributed by atoms with Crippen LogP contribution in [0.4, 0.5) is 0 Å². The average Bonchev–Trinajstić information content (AvgIpc) is 3.42. The molecule has 0 atom stereocenters. The van der Waals surface area contributed by atoms with Crippen molar-refractivity contribution in [1.82, 2.24) is 14.2 Å². The lowest BCUT2D eigenvalue weighted by molar-refractivity contribution is 0.616. The van der Waals surface area contributed by atoms with E-state index in [1.807, 2.05) is 67.6 Å². The molecule has 6 rings (SSSR count). The Hall–Kier alpha value is -4.23. The number of furan rings is 1. The third kappa shape index (κ3) is 3.60. The van der Waals surface area contributed by atoms with E-state index < -0.39 is 0 Å². The van der Waals surface area contributed by atoms with E-state index in [1.165, 1.54) is 4.68 Å². The summed E-state index contributed by atoms with van der Waals surface area (Å²) in [6.07, 6.45) is 3.61. The number of hydrogen-bond acceptors (Lipinski definition) is 4. The van der Waals surface area contributed by atoms with Gasteiger partial charge in [0.15, 0.2) is 5.76 Å². The van der Waals surface area contributed by atoms with Crippen LogP contribution in [0.3, 0.4) is 0 Å². The number of allylic oxidation sites excluding steroid dienone is 1. The second-order valence-corrected chi connectivity index (χ2v) is 9.44. The number of nitrogens with zero attached hydrogens (tertiary/aromatic N) is 4. The molecule has 176 valence electrons. The van der Waals surface area contributed by atoms with Gasteiger partial charge >= 0.3 is 0 Å². The van der Waals surface area contributed by atoms with Crippen LogP contribution in [0.25, 0.3) is 44.4 Å². The lowest BCUT2D eigenvalue weighted by Gasteiger charge is -2.07. The van der Waals surface area contributed by atoms with Crippen LogP contribution in [0, 0.1) is 6.92 Å². The monoisotopic (exact) mass is 536 g/mol. The molecule has 0 aliphatic carbocycles. The fourth-order valence-corrected chi connectivity index (χ4v) is 4.99. The maximum absolute atomic E-state index is 13.6. The van der Waals surface area contributed by atoms with Crippen molar-refractivity contribution in [2.45, 2.75) is 13.5 Å². The number of benzene rings is 3. The SMILES string of the molecule is C=CCn1c(C)c(C=Nn2c(-c3cc4cc(Br)ccc4o3)nc3ccccc3c2=O)c2ccccc21. The first kappa shape index (κ1) is 22.2. The van der Waals surface area contributed by atoms with Crippen LogP contribution < -0.4 is 5.56 Å². The molecule has 0 bridgehead atoms. The molecule has 0 aliphatic rings. The molecular weight excluding hydrogens is 516 g/mol. The Morgan fingerprint density at radius 3 is 2.67 bits per heavy atom. The standard InChI is InChI=1S/C29H21BrN4O2/c1-3-14-33-18(2)23(21-8-5-7-11-25(21)33)17-31-34-28(32-24-10-6-4-9-22(24)29(34)35)27-16-19-15-20(30)12-13-26(19)36-27/h3-13,15-17H,1,14H2,2H3. The van der Waals surface area contributed by atoms with E-state index in [-0.39, 0.29) is 5.56 Å². The van der Waals surface area contributed by atoms with Gasteiger partial charge in [-0.2, -0.15) is 9.78 Å². The third-order valence-corrected chi connectivity index (χ3v) is 6.84. The molecule has 3 heterocycles. The minimum Gasteiger partial charge on any atom is -0.453 e. The fourth-order valence-electron chi connectivity index (χ4n) is 4.62. The van der Waals surface area contributed by atoms with E-state index in [1.54, 1.807) is 12.3 Å². The quantitative estimate of drug-likeness (QED) is 0.178. The van der Waals surface area contributed by atoms with Gasteiger partial charge in [0.2, 0.25) is 5.82 Å². The predicted molar refractivity (Wildman–Crippen MR) is 149 cm³/mol. The van der Waals surface area contributed by atoms with Crippen molar-refractivity contribution in [3.05, 3.63) is 112 Å². The van der Waals surface area contributed by atoms with Crippen molar-refractivity contribution in [2.24, 2.45) is 5.10 Å². The molecule has 0 saturated heterocycles. The molecule has 36 heavy (non-hydrogen) atoms. The number of rotatable bonds is 5. The Morgan fingerprint density at radius 1 is 1.06 bits per heavy atom. The van der Waals surface area contributed by atoms with E-state index in [0.29, 0.717) is 34.6 Å². The number of para-hydroxylation sites is 2. The van der Waals surface area contributed by atoms with Gasteiger partial charge in [-0.15, -0.1) is 6.58 Å². The Balaban J connectivity index is 1.59. The van der Waals surface area contributed by atoms with Crippen molar-refractivity contribution < 1.29 is 4.42 Å². The summed E-state index contributed by atoms with van der Waals surface area (Å²) < 4.78 is 10.6. The van der Waals surface area contributed by atoms with Gasteiger partial charge in [-0.05, 0) is 49.4 Å². The van der Waals surface area contributed by atoms with Crippen LogP contribution in [0.1, 0.15) is 11.3 Å². The lowest BCUT2D eigenvalue weighted by Crippen LogP contribution is -2.20. The van der Waals surface area contributed by atoms with Gasteiger partial charge in [-0.1, -0.05) is 52.3 Å². The smallest absolute Gasteiger partial charge is 0.282 e. The summed E-state index contributed by atoms with van der Waals surface area (Å²) in [4.78, 5) is 18.4. The molecule has 0 amide bonds. The largest absolute Gasteiger partial charge is 0.453 e. The number of aromatic nitrogens is 3. The minimum absolute atomic E-state index is 0.263. The zero-order valence-electron chi connectivity index (χ0n) is 19.5. The van der Waals surface area contributed by atoms with Crippen molar-refractivity contribution in [3.8, 4) is 11.6 Å². The molecule has 6 nitrogen and oxygen atoms in total. The maximum atomic E-state index is 13.6. The summed E-state index contributed by atoms with van der Waals surface area (Å²) in [5, 5.41) is 7.13. The predicted octanol–water partition coefficient (Wildman–Crippen LogP) is 6.90. The number of fused-ring (bicyclic) bond motifs is 3. The van der Waals surface area contributed by atoms with Gasteiger partial charge in [0.25, 0.3) is 5.56 Å². The highest BCUT2D eigenvalue weighted by molar-refractivity contribution is 9.10. The molecule has 0 saturated carbocycles. The zero-order valence-corrected chi connectivity index (χ0v) is 21.1. The van der Waals surface area contributed by atoms with E-state index >= 15 is 0 Å². The summed E-state index contributed by atoms with van der Waals surface area (Å²) >= 11 is 3.50. The van der Waals surface area contributed by atoms with Gasteiger partial charge in [-0.25, -0.2) is 4.98 Å². The molecule has 3 aromatic carbocycles. The summed E-state index contributed by atoms with van der Waals surface area (Å²) in [6, 6.07) is 23.0. The normalized spacial score (nSPS) is 11.8. The first-order valence-corrected chi connectivity index (χ1v) is 12.3. The number of hydrogen-bond donors (Lipinski definition) is 0. The molecular formula is C29H21BrN4O2. The third-order valence-electron chi connectivity index (χ3n) is 6.35. The topological polar surface area (TPSA) is 65.3 Å². The molecule has 0 radical (unpaired) electrons. The highest BCUT2D eigenvalue weighted by atomic mass is 79.9. The van der Waals surface area contributed by atoms with Gasteiger partial charge in [0.1, 0.15) is 5.58 Å². The second kappa shape index (κ2) is 8.77. The van der Waals surface area contributed by atoms with Gasteiger partial charge < -0.3 is 8.98 Å². The maximum Gasteiger partial charge on any atom is 0.282 e. The molecule has 6 aromatic rings. The summed E-state index contributed by atoms with van der Waals surface area (Å²) in [7, 11) is 0. The molecule has 0 aliphatic heterocycles. The highest BCUT2D eigenvalue weighted by Gasteiger charge is 2.17. The van der Waals surface area contributed by atoms with E-state index in [9.17, 15) is 4.79 Å². The average molecular weight is 537 g/mol. The van der Waals surface area contributed by atoms with Crippen LogP contribution in [0.2, 0.25) is 0 Å². The van der Waals surface area contributed by atoms with Crippen LogP contribution >= 0.6 is 15.9 Å². The summed E-state index contributed by atoms with van der Waals surface area (Å²) in [6.45, 7) is 6.62. The minimum atomic E-state index is -0.263. The van der Waals surface area contributed by atoms with Gasteiger partial charge in [0.05, 0.1) is 17.1 Å². The molecule has 3 aromatic heterocycles. The van der Waals surface area contributed by atoms with Crippen molar-refractivity contribution in [2.75, 3.05) is 0 Å². The Bertz CT molecular complexity index is 1890. The first-order chi connectivity index (χ1) is 17.5. The van der Waals surface area contributed by atoms with Gasteiger partial charge in [-0.3, -0.25) is 4.79 Å². The molecule has 0 unspecified atom stereocenters. The van der Waals surface area contributed by atoms with Crippen molar-refractivity contribution in [1.29, 1.82) is 0 Å². The highest BCUT2D eigenvalue weighted by Crippen LogP contribution is 2.30. The molecule has 0 fully saturated rings. The molecule has 0 N–H and O–H groups in total. The first-order valence-electron chi connectivity index (χ1n) is 11.5. The lowest BCUT2D eigenvalue weighted by atomic mass is 10.1. The molecule has 7 heteroatoms. The van der Waals surface area contributed by atoms with Crippen LogP contribution in [0.5, 0.6) is 0 Å². The van der Waals surface area contributed by atoms with Gasteiger partial charge in [0, 0.05) is 38.6 Å². The molecule has 0 spiro atoms. The van der Waals surface area contributed by atoms with Crippen LogP contribution in [0.15, 0.2) is 104 Å². The Kier molecular flexibility index (Phi) is 5.42.